The molecular weight excluding hydrogens is 266 g/mol. The van der Waals surface area contributed by atoms with E-state index in [0.29, 0.717) is 26.1 Å². The zero-order valence-corrected chi connectivity index (χ0v) is 12.1. The molecular formula is C16H21N3O2. The quantitative estimate of drug-likeness (QED) is 0.876. The van der Waals surface area contributed by atoms with Gasteiger partial charge in [-0.25, -0.2) is 4.79 Å². The van der Waals surface area contributed by atoms with Crippen LogP contribution in [0.3, 0.4) is 0 Å². The van der Waals surface area contributed by atoms with E-state index in [-0.39, 0.29) is 17.4 Å². The minimum absolute atomic E-state index is 0.0119. The van der Waals surface area contributed by atoms with E-state index in [9.17, 15) is 9.59 Å². The molecule has 1 aromatic rings. The summed E-state index contributed by atoms with van der Waals surface area (Å²) in [5.41, 5.74) is 1.20. The van der Waals surface area contributed by atoms with E-state index in [0.717, 1.165) is 19.4 Å². The Morgan fingerprint density at radius 1 is 1.33 bits per heavy atom. The lowest BCUT2D eigenvalue weighted by molar-refractivity contribution is -0.119. The highest BCUT2D eigenvalue weighted by Crippen LogP contribution is 2.36. The van der Waals surface area contributed by atoms with Crippen molar-refractivity contribution in [3.05, 3.63) is 35.9 Å². The standard InChI is InChI=1S/C16H21N3O2/c20-14-10-16(11-18-14)7-9-19(12-16)15(21)17-8-6-13-4-2-1-3-5-13/h1-5H,6-12H2,(H,17,21)(H,18,20). The van der Waals surface area contributed by atoms with Crippen LogP contribution in [0.25, 0.3) is 0 Å². The Kier molecular flexibility index (Phi) is 3.82. The maximum absolute atomic E-state index is 12.2. The Morgan fingerprint density at radius 3 is 2.86 bits per heavy atom. The summed E-state index contributed by atoms with van der Waals surface area (Å²) in [4.78, 5) is 25.4. The Labute approximate surface area is 124 Å². The molecule has 112 valence electrons. The first-order valence-electron chi connectivity index (χ1n) is 7.50. The van der Waals surface area contributed by atoms with Gasteiger partial charge in [-0.05, 0) is 18.4 Å². The molecule has 0 bridgehead atoms. The van der Waals surface area contributed by atoms with Crippen molar-refractivity contribution in [2.45, 2.75) is 19.3 Å². The van der Waals surface area contributed by atoms with E-state index in [1.807, 2.05) is 23.1 Å². The van der Waals surface area contributed by atoms with Gasteiger partial charge in [0.1, 0.15) is 0 Å². The number of benzene rings is 1. The minimum atomic E-state index is -0.0200. The van der Waals surface area contributed by atoms with Gasteiger partial charge < -0.3 is 15.5 Å². The van der Waals surface area contributed by atoms with Crippen molar-refractivity contribution in [3.8, 4) is 0 Å². The van der Waals surface area contributed by atoms with Crippen molar-refractivity contribution in [1.29, 1.82) is 0 Å². The zero-order chi connectivity index (χ0) is 14.7. The molecule has 0 aromatic heterocycles. The van der Waals surface area contributed by atoms with Gasteiger partial charge in [0.2, 0.25) is 5.91 Å². The van der Waals surface area contributed by atoms with E-state index in [4.69, 9.17) is 0 Å². The number of urea groups is 1. The molecule has 21 heavy (non-hydrogen) atoms. The van der Waals surface area contributed by atoms with Crippen molar-refractivity contribution in [2.24, 2.45) is 5.41 Å². The Morgan fingerprint density at radius 2 is 2.14 bits per heavy atom. The monoisotopic (exact) mass is 287 g/mol. The van der Waals surface area contributed by atoms with Crippen LogP contribution in [0, 0.1) is 5.41 Å². The summed E-state index contributed by atoms with van der Waals surface area (Å²) < 4.78 is 0. The van der Waals surface area contributed by atoms with Crippen molar-refractivity contribution in [1.82, 2.24) is 15.5 Å². The number of carbonyl (C=O) groups is 2. The molecule has 3 rings (SSSR count). The highest BCUT2D eigenvalue weighted by molar-refractivity contribution is 5.80. The smallest absolute Gasteiger partial charge is 0.317 e. The molecule has 2 aliphatic rings. The number of rotatable bonds is 3. The van der Waals surface area contributed by atoms with Gasteiger partial charge in [0.05, 0.1) is 0 Å². The van der Waals surface area contributed by atoms with Gasteiger partial charge in [0, 0.05) is 38.0 Å². The molecule has 1 unspecified atom stereocenters. The predicted octanol–water partition coefficient (Wildman–Crippen LogP) is 1.15. The van der Waals surface area contributed by atoms with Crippen LogP contribution in [0.5, 0.6) is 0 Å². The minimum Gasteiger partial charge on any atom is -0.355 e. The molecule has 2 heterocycles. The summed E-state index contributed by atoms with van der Waals surface area (Å²) in [7, 11) is 0. The van der Waals surface area contributed by atoms with Crippen molar-refractivity contribution >= 4 is 11.9 Å². The molecule has 5 heteroatoms. The highest BCUT2D eigenvalue weighted by atomic mass is 16.2. The zero-order valence-electron chi connectivity index (χ0n) is 12.1. The molecule has 3 amide bonds. The third kappa shape index (κ3) is 3.17. The van der Waals surface area contributed by atoms with Crippen LogP contribution in [0.4, 0.5) is 4.79 Å². The molecule has 2 aliphatic heterocycles. The molecule has 0 aliphatic carbocycles. The Bertz CT molecular complexity index is 532. The lowest BCUT2D eigenvalue weighted by Crippen LogP contribution is -2.41. The largest absolute Gasteiger partial charge is 0.355 e. The molecule has 0 saturated carbocycles. The van der Waals surface area contributed by atoms with Crippen molar-refractivity contribution in [3.63, 3.8) is 0 Å². The first-order chi connectivity index (χ1) is 10.2. The predicted molar refractivity (Wildman–Crippen MR) is 79.8 cm³/mol. The van der Waals surface area contributed by atoms with Gasteiger partial charge in [0.25, 0.3) is 0 Å². The number of amides is 3. The summed E-state index contributed by atoms with van der Waals surface area (Å²) >= 11 is 0. The van der Waals surface area contributed by atoms with E-state index in [1.54, 1.807) is 0 Å². The number of carbonyl (C=O) groups excluding carboxylic acids is 2. The number of hydrogen-bond donors (Lipinski definition) is 2. The topological polar surface area (TPSA) is 61.4 Å². The fourth-order valence-electron chi connectivity index (χ4n) is 3.22. The first-order valence-corrected chi connectivity index (χ1v) is 7.50. The number of nitrogens with zero attached hydrogens (tertiary/aromatic N) is 1. The second kappa shape index (κ2) is 5.76. The van der Waals surface area contributed by atoms with Crippen LogP contribution in [0.1, 0.15) is 18.4 Å². The molecule has 0 radical (unpaired) electrons. The molecule has 2 saturated heterocycles. The van der Waals surface area contributed by atoms with Crippen molar-refractivity contribution < 1.29 is 9.59 Å². The Hall–Kier alpha value is -2.04. The van der Waals surface area contributed by atoms with E-state index < -0.39 is 0 Å². The van der Waals surface area contributed by atoms with Gasteiger partial charge in [-0.2, -0.15) is 0 Å². The van der Waals surface area contributed by atoms with Crippen LogP contribution in [0.2, 0.25) is 0 Å². The molecule has 1 spiro atoms. The van der Waals surface area contributed by atoms with Gasteiger partial charge in [-0.3, -0.25) is 4.79 Å². The van der Waals surface area contributed by atoms with Crippen LogP contribution < -0.4 is 10.6 Å². The second-order valence-corrected chi connectivity index (χ2v) is 6.09. The van der Waals surface area contributed by atoms with Crippen LogP contribution in [0.15, 0.2) is 30.3 Å². The highest BCUT2D eigenvalue weighted by Gasteiger charge is 2.45. The average Bonchev–Trinajstić information content (AvgIpc) is 3.07. The molecule has 2 N–H and O–H groups in total. The number of hydrogen-bond acceptors (Lipinski definition) is 2. The fraction of sp³-hybridized carbons (Fsp3) is 0.500. The first kappa shape index (κ1) is 13.9. The van der Waals surface area contributed by atoms with Crippen LogP contribution in [-0.4, -0.2) is 43.0 Å². The maximum Gasteiger partial charge on any atom is 0.317 e. The maximum atomic E-state index is 12.2. The van der Waals surface area contributed by atoms with Gasteiger partial charge in [-0.1, -0.05) is 30.3 Å². The van der Waals surface area contributed by atoms with Crippen molar-refractivity contribution in [2.75, 3.05) is 26.2 Å². The van der Waals surface area contributed by atoms with Gasteiger partial charge in [-0.15, -0.1) is 0 Å². The number of nitrogens with one attached hydrogen (secondary N) is 2. The second-order valence-electron chi connectivity index (χ2n) is 6.09. The summed E-state index contributed by atoms with van der Waals surface area (Å²) in [5.74, 6) is 0.112. The molecule has 1 aromatic carbocycles. The summed E-state index contributed by atoms with van der Waals surface area (Å²) in [6, 6.07) is 10.1. The molecule has 1 atom stereocenters. The van der Waals surface area contributed by atoms with E-state index in [1.165, 1.54) is 5.56 Å². The lowest BCUT2D eigenvalue weighted by Gasteiger charge is -2.22. The molecule has 2 fully saturated rings. The lowest BCUT2D eigenvalue weighted by atomic mass is 9.86. The third-order valence-electron chi connectivity index (χ3n) is 4.45. The average molecular weight is 287 g/mol. The Balaban J connectivity index is 1.45. The molecule has 5 nitrogen and oxygen atoms in total. The number of likely N-dealkylation sites (tertiary alicyclic amines) is 1. The summed E-state index contributed by atoms with van der Waals surface area (Å²) in [5, 5.41) is 5.85. The van der Waals surface area contributed by atoms with E-state index >= 15 is 0 Å². The fourth-order valence-corrected chi connectivity index (χ4v) is 3.22. The summed E-state index contributed by atoms with van der Waals surface area (Å²) in [6.07, 6.45) is 2.31. The van der Waals surface area contributed by atoms with Crippen LogP contribution in [-0.2, 0) is 11.2 Å². The van der Waals surface area contributed by atoms with Gasteiger partial charge >= 0.3 is 6.03 Å². The SMILES string of the molecule is O=C1CC2(CCN(C(=O)NCCc3ccccc3)C2)CN1. The summed E-state index contributed by atoms with van der Waals surface area (Å²) in [6.45, 7) is 2.78. The normalized spacial score (nSPS) is 24.4. The third-order valence-corrected chi connectivity index (χ3v) is 4.45. The van der Waals surface area contributed by atoms with E-state index in [2.05, 4.69) is 22.8 Å². The van der Waals surface area contributed by atoms with Crippen LogP contribution >= 0.6 is 0 Å². The van der Waals surface area contributed by atoms with Gasteiger partial charge in [0.15, 0.2) is 0 Å².